The highest BCUT2D eigenvalue weighted by molar-refractivity contribution is 6.30. The molecule has 0 radical (unpaired) electrons. The van der Waals surface area contributed by atoms with E-state index in [0.29, 0.717) is 15.8 Å². The molecule has 5 heteroatoms. The number of methoxy groups -OCH3 is 1. The van der Waals surface area contributed by atoms with Gasteiger partial charge in [0.25, 0.3) is 0 Å². The van der Waals surface area contributed by atoms with Crippen LogP contribution in [0.3, 0.4) is 0 Å². The van der Waals surface area contributed by atoms with E-state index >= 15 is 0 Å². The van der Waals surface area contributed by atoms with E-state index in [9.17, 15) is 4.79 Å². The van der Waals surface area contributed by atoms with E-state index in [0.717, 1.165) is 5.56 Å². The quantitative estimate of drug-likeness (QED) is 0.896. The highest BCUT2D eigenvalue weighted by Gasteiger charge is 2.09. The van der Waals surface area contributed by atoms with Crippen molar-refractivity contribution in [1.29, 1.82) is 0 Å². The Hall–Kier alpha value is -1.19. The predicted octanol–water partition coefficient (Wildman–Crippen LogP) is 2.76. The van der Waals surface area contributed by atoms with E-state index in [4.69, 9.17) is 27.9 Å². The normalized spacial score (nSPS) is 9.82. The summed E-state index contributed by atoms with van der Waals surface area (Å²) in [5, 5.41) is 3.58. The average Bonchev–Trinajstić information content (AvgIpc) is 2.27. The van der Waals surface area contributed by atoms with Crippen LogP contribution in [0.4, 0.5) is 0 Å². The van der Waals surface area contributed by atoms with Crippen molar-refractivity contribution in [2.24, 2.45) is 0 Å². The number of halogens is 2. The van der Waals surface area contributed by atoms with Gasteiger partial charge in [0.1, 0.15) is 5.75 Å². The molecule has 17 heavy (non-hydrogen) atoms. The molecule has 0 aliphatic heterocycles. The molecule has 0 aliphatic rings. The van der Waals surface area contributed by atoms with Crippen LogP contribution < -0.4 is 10.1 Å². The molecule has 3 nitrogen and oxygen atoms in total. The Labute approximate surface area is 110 Å². The molecule has 0 unspecified atom stereocenters. The van der Waals surface area contributed by atoms with Crippen molar-refractivity contribution in [2.45, 2.75) is 6.42 Å². The summed E-state index contributed by atoms with van der Waals surface area (Å²) in [7, 11) is 1.55. The first-order chi connectivity index (χ1) is 8.02. The second-order valence-electron chi connectivity index (χ2n) is 3.43. The molecule has 1 N–H and O–H groups in total. The van der Waals surface area contributed by atoms with Gasteiger partial charge in [-0.15, -0.1) is 0 Å². The number of hydrogen-bond donors (Lipinski definition) is 1. The number of hydrogen-bond acceptors (Lipinski definition) is 2. The van der Waals surface area contributed by atoms with Crippen LogP contribution >= 0.6 is 23.2 Å². The zero-order chi connectivity index (χ0) is 12.8. The lowest BCUT2D eigenvalue weighted by Gasteiger charge is -2.09. The molecular weight excluding hydrogens is 261 g/mol. The van der Waals surface area contributed by atoms with Crippen LogP contribution in [-0.4, -0.2) is 19.6 Å². The first-order valence-electron chi connectivity index (χ1n) is 4.95. The molecule has 92 valence electrons. The number of carbonyl (C=O) groups is 1. The molecule has 1 aromatic rings. The van der Waals surface area contributed by atoms with Crippen LogP contribution in [0.15, 0.2) is 29.8 Å². The zero-order valence-electron chi connectivity index (χ0n) is 9.43. The highest BCUT2D eigenvalue weighted by atomic mass is 35.5. The van der Waals surface area contributed by atoms with Crippen LogP contribution in [-0.2, 0) is 11.2 Å². The van der Waals surface area contributed by atoms with Gasteiger partial charge in [0, 0.05) is 15.6 Å². The molecule has 0 atom stereocenters. The summed E-state index contributed by atoms with van der Waals surface area (Å²) in [6, 6.07) is 5.14. The second kappa shape index (κ2) is 6.52. The third-order valence-corrected chi connectivity index (χ3v) is 2.44. The monoisotopic (exact) mass is 273 g/mol. The van der Waals surface area contributed by atoms with E-state index in [2.05, 4.69) is 11.9 Å². The second-order valence-corrected chi connectivity index (χ2v) is 4.40. The Morgan fingerprint density at radius 3 is 2.82 bits per heavy atom. The molecule has 0 heterocycles. The first-order valence-corrected chi connectivity index (χ1v) is 5.71. The van der Waals surface area contributed by atoms with Gasteiger partial charge in [-0.05, 0) is 18.2 Å². The van der Waals surface area contributed by atoms with E-state index in [1.165, 1.54) is 0 Å². The summed E-state index contributed by atoms with van der Waals surface area (Å²) in [5.74, 6) is 0.474. The molecule has 0 saturated heterocycles. The molecule has 1 rings (SSSR count). The third-order valence-electron chi connectivity index (χ3n) is 2.07. The standard InChI is InChI=1S/C12H13Cl2NO2/c1-8(13)7-15-12(16)6-9-5-10(14)3-4-11(9)17-2/h3-5H,1,6-7H2,2H3,(H,15,16). The van der Waals surface area contributed by atoms with Crippen molar-refractivity contribution in [2.75, 3.05) is 13.7 Å². The Balaban J connectivity index is 2.69. The number of carbonyl (C=O) groups excluding carboxylic acids is 1. The summed E-state index contributed by atoms with van der Waals surface area (Å²) in [6.07, 6.45) is 0.188. The van der Waals surface area contributed by atoms with E-state index in [1.54, 1.807) is 25.3 Å². The highest BCUT2D eigenvalue weighted by Crippen LogP contribution is 2.22. The molecular formula is C12H13Cl2NO2. The fourth-order valence-electron chi connectivity index (χ4n) is 1.32. The van der Waals surface area contributed by atoms with E-state index in [1.807, 2.05) is 0 Å². The van der Waals surface area contributed by atoms with Gasteiger partial charge in [0.05, 0.1) is 20.1 Å². The predicted molar refractivity (Wildman–Crippen MR) is 69.7 cm³/mol. The third kappa shape index (κ3) is 4.67. The lowest BCUT2D eigenvalue weighted by molar-refractivity contribution is -0.120. The van der Waals surface area contributed by atoms with Crippen molar-refractivity contribution in [1.82, 2.24) is 5.32 Å². The van der Waals surface area contributed by atoms with Crippen LogP contribution in [0.25, 0.3) is 0 Å². The van der Waals surface area contributed by atoms with Gasteiger partial charge in [-0.25, -0.2) is 0 Å². The topological polar surface area (TPSA) is 38.3 Å². The fraction of sp³-hybridized carbons (Fsp3) is 0.250. The first kappa shape index (κ1) is 13.9. The average molecular weight is 274 g/mol. The SMILES string of the molecule is C=C(Cl)CNC(=O)Cc1cc(Cl)ccc1OC. The lowest BCUT2D eigenvalue weighted by atomic mass is 10.1. The largest absolute Gasteiger partial charge is 0.496 e. The van der Waals surface area contributed by atoms with Gasteiger partial charge < -0.3 is 10.1 Å². The van der Waals surface area contributed by atoms with Crippen molar-refractivity contribution >= 4 is 29.1 Å². The van der Waals surface area contributed by atoms with E-state index < -0.39 is 0 Å². The van der Waals surface area contributed by atoms with Crippen molar-refractivity contribution in [3.05, 3.63) is 40.4 Å². The number of rotatable bonds is 5. The summed E-state index contributed by atoms with van der Waals surface area (Å²) >= 11 is 11.4. The summed E-state index contributed by atoms with van der Waals surface area (Å²) in [6.45, 7) is 3.74. The maximum absolute atomic E-state index is 11.6. The number of nitrogens with one attached hydrogen (secondary N) is 1. The Kier molecular flexibility index (Phi) is 5.32. The van der Waals surface area contributed by atoms with Gasteiger partial charge in [-0.2, -0.15) is 0 Å². The Morgan fingerprint density at radius 2 is 2.24 bits per heavy atom. The van der Waals surface area contributed by atoms with Gasteiger partial charge >= 0.3 is 0 Å². The fourth-order valence-corrected chi connectivity index (χ4v) is 1.58. The number of amides is 1. The molecule has 0 aromatic heterocycles. The van der Waals surface area contributed by atoms with Gasteiger partial charge in [-0.3, -0.25) is 4.79 Å². The van der Waals surface area contributed by atoms with Crippen LogP contribution in [0, 0.1) is 0 Å². The lowest BCUT2D eigenvalue weighted by Crippen LogP contribution is -2.26. The summed E-state index contributed by atoms with van der Waals surface area (Å²) < 4.78 is 5.14. The minimum atomic E-state index is -0.160. The van der Waals surface area contributed by atoms with Crippen molar-refractivity contribution < 1.29 is 9.53 Å². The van der Waals surface area contributed by atoms with Gasteiger partial charge in [0.15, 0.2) is 0 Å². The van der Waals surface area contributed by atoms with E-state index in [-0.39, 0.29) is 18.9 Å². The van der Waals surface area contributed by atoms with Crippen LogP contribution in [0.2, 0.25) is 5.02 Å². The molecule has 1 aromatic carbocycles. The molecule has 0 saturated carbocycles. The smallest absolute Gasteiger partial charge is 0.224 e. The molecule has 0 bridgehead atoms. The minimum Gasteiger partial charge on any atom is -0.496 e. The zero-order valence-corrected chi connectivity index (χ0v) is 10.9. The number of benzene rings is 1. The van der Waals surface area contributed by atoms with Gasteiger partial charge in [0.2, 0.25) is 5.91 Å². The van der Waals surface area contributed by atoms with Gasteiger partial charge in [-0.1, -0.05) is 29.8 Å². The Bertz CT molecular complexity index is 433. The molecule has 0 aliphatic carbocycles. The molecule has 0 spiro atoms. The molecule has 0 fully saturated rings. The van der Waals surface area contributed by atoms with Crippen molar-refractivity contribution in [3.8, 4) is 5.75 Å². The summed E-state index contributed by atoms with van der Waals surface area (Å²) in [4.78, 5) is 11.6. The maximum Gasteiger partial charge on any atom is 0.224 e. The minimum absolute atomic E-state index is 0.160. The molecule has 1 amide bonds. The number of ether oxygens (including phenoxy) is 1. The Morgan fingerprint density at radius 1 is 1.53 bits per heavy atom. The van der Waals surface area contributed by atoms with Crippen LogP contribution in [0.5, 0.6) is 5.75 Å². The maximum atomic E-state index is 11.6. The summed E-state index contributed by atoms with van der Waals surface area (Å²) in [5.41, 5.74) is 0.734. The van der Waals surface area contributed by atoms with Crippen LogP contribution in [0.1, 0.15) is 5.56 Å². The van der Waals surface area contributed by atoms with Crippen molar-refractivity contribution in [3.63, 3.8) is 0 Å².